The third-order valence-corrected chi connectivity index (χ3v) is 4.62. The van der Waals surface area contributed by atoms with Gasteiger partial charge in [-0.15, -0.1) is 0 Å². The number of hydrogen-bond acceptors (Lipinski definition) is 1. The average molecular weight is 285 g/mol. The van der Waals surface area contributed by atoms with E-state index in [9.17, 15) is 0 Å². The highest BCUT2D eigenvalue weighted by Crippen LogP contribution is 2.27. The van der Waals surface area contributed by atoms with Gasteiger partial charge in [0.1, 0.15) is 0 Å². The van der Waals surface area contributed by atoms with Crippen LogP contribution in [0, 0.1) is 0 Å². The molecule has 22 heavy (non-hydrogen) atoms. The molecule has 1 aliphatic rings. The molecule has 0 radical (unpaired) electrons. The molecule has 1 atom stereocenters. The van der Waals surface area contributed by atoms with Gasteiger partial charge in [-0.3, -0.25) is 0 Å². The second-order valence-corrected chi connectivity index (χ2v) is 5.97. The van der Waals surface area contributed by atoms with Gasteiger partial charge in [0.05, 0.1) is 6.04 Å². The Labute approximate surface area is 131 Å². The van der Waals surface area contributed by atoms with E-state index in [-0.39, 0.29) is 0 Å². The molecule has 1 unspecified atom stereocenters. The second-order valence-electron chi connectivity index (χ2n) is 5.97. The van der Waals surface area contributed by atoms with Crippen molar-refractivity contribution in [2.24, 2.45) is 0 Å². The molecule has 3 aromatic carbocycles. The summed E-state index contributed by atoms with van der Waals surface area (Å²) in [4.78, 5) is 2.37. The first kappa shape index (κ1) is 13.1. The summed E-state index contributed by atoms with van der Waals surface area (Å²) in [6, 6.07) is 24.3. The minimum absolute atomic E-state index is 0.413. The fraction of sp³-hybridized carbons (Fsp3) is 0.143. The van der Waals surface area contributed by atoms with Crippen molar-refractivity contribution in [3.8, 4) is 0 Å². The second kappa shape index (κ2) is 5.34. The van der Waals surface area contributed by atoms with Gasteiger partial charge in [0.15, 0.2) is 0 Å². The van der Waals surface area contributed by atoms with Crippen molar-refractivity contribution in [3.05, 3.63) is 83.9 Å². The van der Waals surface area contributed by atoms with E-state index < -0.39 is 0 Å². The van der Waals surface area contributed by atoms with Gasteiger partial charge < -0.3 is 4.90 Å². The normalized spacial score (nSPS) is 16.5. The Morgan fingerprint density at radius 3 is 2.55 bits per heavy atom. The highest BCUT2D eigenvalue weighted by molar-refractivity contribution is 5.86. The smallest absolute Gasteiger partial charge is 0.0513 e. The lowest BCUT2D eigenvalue weighted by Gasteiger charge is -2.31. The van der Waals surface area contributed by atoms with Gasteiger partial charge in [-0.1, -0.05) is 66.7 Å². The third-order valence-electron chi connectivity index (χ3n) is 4.62. The molecule has 0 heterocycles. The van der Waals surface area contributed by atoms with E-state index in [2.05, 4.69) is 90.8 Å². The summed E-state index contributed by atoms with van der Waals surface area (Å²) < 4.78 is 0. The molecule has 1 aliphatic carbocycles. The van der Waals surface area contributed by atoms with E-state index >= 15 is 0 Å². The molecule has 108 valence electrons. The van der Waals surface area contributed by atoms with Crippen molar-refractivity contribution in [1.29, 1.82) is 0 Å². The van der Waals surface area contributed by atoms with Crippen molar-refractivity contribution in [2.45, 2.75) is 12.5 Å². The number of benzene rings is 3. The maximum Gasteiger partial charge on any atom is 0.0513 e. The van der Waals surface area contributed by atoms with E-state index in [1.165, 1.54) is 27.6 Å². The molecule has 0 fully saturated rings. The topological polar surface area (TPSA) is 3.24 Å². The predicted octanol–water partition coefficient (Wildman–Crippen LogP) is 4.91. The zero-order valence-corrected chi connectivity index (χ0v) is 12.7. The number of fused-ring (bicyclic) bond motifs is 2. The van der Waals surface area contributed by atoms with Crippen LogP contribution in [-0.2, 0) is 6.42 Å². The molecule has 0 spiro atoms. The van der Waals surface area contributed by atoms with Gasteiger partial charge in [0, 0.05) is 12.7 Å². The molecule has 0 amide bonds. The van der Waals surface area contributed by atoms with Gasteiger partial charge >= 0.3 is 0 Å². The van der Waals surface area contributed by atoms with Gasteiger partial charge in [0.2, 0.25) is 0 Å². The Morgan fingerprint density at radius 1 is 0.864 bits per heavy atom. The maximum atomic E-state index is 2.37. The lowest BCUT2D eigenvalue weighted by molar-refractivity contribution is 0.738. The van der Waals surface area contributed by atoms with Crippen LogP contribution in [0.2, 0.25) is 0 Å². The van der Waals surface area contributed by atoms with Gasteiger partial charge in [-0.2, -0.15) is 0 Å². The minimum atomic E-state index is 0.413. The van der Waals surface area contributed by atoms with Crippen molar-refractivity contribution in [2.75, 3.05) is 11.9 Å². The van der Waals surface area contributed by atoms with Crippen LogP contribution in [-0.4, -0.2) is 13.1 Å². The van der Waals surface area contributed by atoms with Crippen LogP contribution in [0.5, 0.6) is 0 Å². The first-order valence-electron chi connectivity index (χ1n) is 7.79. The van der Waals surface area contributed by atoms with E-state index in [1.807, 2.05) is 0 Å². The summed E-state index contributed by atoms with van der Waals surface area (Å²) >= 11 is 0. The number of nitrogens with zero attached hydrogens (tertiary/aromatic N) is 1. The fourth-order valence-electron chi connectivity index (χ4n) is 3.24. The quantitative estimate of drug-likeness (QED) is 0.646. The van der Waals surface area contributed by atoms with Crippen LogP contribution < -0.4 is 4.90 Å². The van der Waals surface area contributed by atoms with Gasteiger partial charge in [-0.25, -0.2) is 0 Å². The number of hydrogen-bond donors (Lipinski definition) is 0. The summed E-state index contributed by atoms with van der Waals surface area (Å²) in [6.07, 6.45) is 5.63. The largest absolute Gasteiger partial charge is 0.368 e. The monoisotopic (exact) mass is 285 g/mol. The summed E-state index contributed by atoms with van der Waals surface area (Å²) in [5, 5.41) is 2.59. The third kappa shape index (κ3) is 2.29. The highest BCUT2D eigenvalue weighted by Gasteiger charge is 2.18. The minimum Gasteiger partial charge on any atom is -0.368 e. The van der Waals surface area contributed by atoms with E-state index in [4.69, 9.17) is 0 Å². The fourth-order valence-corrected chi connectivity index (χ4v) is 3.24. The van der Waals surface area contributed by atoms with E-state index in [1.54, 1.807) is 0 Å². The number of likely N-dealkylation sites (N-methyl/N-ethyl adjacent to an activating group) is 1. The first-order chi connectivity index (χ1) is 10.8. The highest BCUT2D eigenvalue weighted by atomic mass is 15.1. The zero-order valence-electron chi connectivity index (χ0n) is 12.7. The molecule has 3 aromatic rings. The predicted molar refractivity (Wildman–Crippen MR) is 95.3 cm³/mol. The van der Waals surface area contributed by atoms with Crippen molar-refractivity contribution >= 4 is 22.5 Å². The van der Waals surface area contributed by atoms with Crippen LogP contribution in [0.4, 0.5) is 5.69 Å². The molecule has 0 N–H and O–H groups in total. The van der Waals surface area contributed by atoms with Gasteiger partial charge in [-0.05, 0) is 40.5 Å². The summed E-state index contributed by atoms with van der Waals surface area (Å²) in [5.41, 5.74) is 4.06. The zero-order chi connectivity index (χ0) is 14.9. The van der Waals surface area contributed by atoms with Crippen LogP contribution in [0.25, 0.3) is 16.8 Å². The molecular weight excluding hydrogens is 266 g/mol. The molecule has 1 nitrogen and oxygen atoms in total. The summed E-state index contributed by atoms with van der Waals surface area (Å²) in [6.45, 7) is 0. The number of rotatable bonds is 2. The SMILES string of the molecule is CN(c1ccc2ccccc2c1)C1C=Cc2ccccc2C1. The molecular formula is C21H19N. The molecule has 1 heteroatoms. The molecule has 0 bridgehead atoms. The summed E-state index contributed by atoms with van der Waals surface area (Å²) in [7, 11) is 2.19. The van der Waals surface area contributed by atoms with Crippen molar-refractivity contribution in [3.63, 3.8) is 0 Å². The Morgan fingerprint density at radius 2 is 1.64 bits per heavy atom. The Balaban J connectivity index is 1.65. The Kier molecular flexibility index (Phi) is 3.19. The van der Waals surface area contributed by atoms with Crippen molar-refractivity contribution in [1.82, 2.24) is 0 Å². The van der Waals surface area contributed by atoms with Gasteiger partial charge in [0.25, 0.3) is 0 Å². The molecule has 0 saturated carbocycles. The lowest BCUT2D eigenvalue weighted by atomic mass is 9.93. The number of anilines is 1. The van der Waals surface area contributed by atoms with Crippen LogP contribution in [0.15, 0.2) is 72.8 Å². The van der Waals surface area contributed by atoms with Crippen LogP contribution in [0.3, 0.4) is 0 Å². The summed E-state index contributed by atoms with van der Waals surface area (Å²) in [5.74, 6) is 0. The van der Waals surface area contributed by atoms with Crippen molar-refractivity contribution < 1.29 is 0 Å². The molecule has 4 rings (SSSR count). The van der Waals surface area contributed by atoms with E-state index in [0.29, 0.717) is 6.04 Å². The first-order valence-corrected chi connectivity index (χ1v) is 7.79. The molecule has 0 aliphatic heterocycles. The molecule has 0 saturated heterocycles. The standard InChI is InChI=1S/C21H19N/c1-22(20-12-10-16-6-2-4-8-18(16)14-20)21-13-11-17-7-3-5-9-19(17)15-21/h2-14,21H,15H2,1H3. The Hall–Kier alpha value is -2.54. The van der Waals surface area contributed by atoms with E-state index in [0.717, 1.165) is 6.42 Å². The molecule has 0 aromatic heterocycles. The average Bonchev–Trinajstić information content (AvgIpc) is 2.60. The van der Waals surface area contributed by atoms with Crippen LogP contribution >= 0.6 is 0 Å². The lowest BCUT2D eigenvalue weighted by Crippen LogP contribution is -2.33. The van der Waals surface area contributed by atoms with Crippen LogP contribution in [0.1, 0.15) is 11.1 Å². The Bertz CT molecular complexity index is 847. The maximum absolute atomic E-state index is 2.37.